The number of phenols is 9. The molecule has 0 aliphatic carbocycles. The van der Waals surface area contributed by atoms with Crippen molar-refractivity contribution in [1.29, 1.82) is 0 Å². The SMILES string of the molecule is O=C(O[C@@H]1[C@H](OC(=O)c2cc(O)c(O)c(O)c2)[C@H](OC(=O)c2cc(O)c(O)c(O)c2)CO[C@H]1O)c1cc(O)c(O)c(O)c1. The number of rotatable bonds is 6. The Morgan fingerprint density at radius 3 is 1.19 bits per heavy atom. The van der Waals surface area contributed by atoms with E-state index in [1.54, 1.807) is 0 Å². The quantitative estimate of drug-likeness (QED) is 0.103. The molecular weight excluding hydrogens is 584 g/mol. The molecule has 17 nitrogen and oxygen atoms in total. The molecule has 17 heteroatoms. The van der Waals surface area contributed by atoms with Crippen molar-refractivity contribution in [1.82, 2.24) is 0 Å². The normalized spacial score (nSPS) is 19.7. The lowest BCUT2D eigenvalue weighted by Gasteiger charge is -2.38. The lowest BCUT2D eigenvalue weighted by Crippen LogP contribution is -2.57. The Bertz CT molecular complexity index is 1530. The maximum Gasteiger partial charge on any atom is 0.339 e. The lowest BCUT2D eigenvalue weighted by atomic mass is 10.0. The van der Waals surface area contributed by atoms with Crippen LogP contribution in [-0.4, -0.2) is 100 Å². The number of esters is 3. The summed E-state index contributed by atoms with van der Waals surface area (Å²) in [6, 6.07) is 4.22. The first-order valence-electron chi connectivity index (χ1n) is 11.8. The van der Waals surface area contributed by atoms with Gasteiger partial charge in [-0.2, -0.15) is 0 Å². The summed E-state index contributed by atoms with van der Waals surface area (Å²) in [4.78, 5) is 38.6. The van der Waals surface area contributed by atoms with Gasteiger partial charge in [0.2, 0.25) is 0 Å². The molecule has 3 aromatic rings. The molecule has 0 saturated carbocycles. The summed E-state index contributed by atoms with van der Waals surface area (Å²) in [5.74, 6) is -12.4. The van der Waals surface area contributed by atoms with Crippen LogP contribution in [0.1, 0.15) is 31.1 Å². The lowest BCUT2D eigenvalue weighted by molar-refractivity contribution is -0.251. The van der Waals surface area contributed by atoms with E-state index in [0.717, 1.165) is 12.1 Å². The van der Waals surface area contributed by atoms with E-state index in [1.165, 1.54) is 0 Å². The van der Waals surface area contributed by atoms with Gasteiger partial charge in [0, 0.05) is 0 Å². The fourth-order valence-corrected chi connectivity index (χ4v) is 3.88. The maximum absolute atomic E-state index is 13.0. The molecule has 0 radical (unpaired) electrons. The third-order valence-corrected chi connectivity index (χ3v) is 6.06. The molecule has 10 N–H and O–H groups in total. The Labute approximate surface area is 238 Å². The van der Waals surface area contributed by atoms with Gasteiger partial charge in [0.1, 0.15) is 0 Å². The number of phenolic OH excluding ortho intramolecular Hbond substituents is 9. The molecule has 228 valence electrons. The molecule has 3 aromatic carbocycles. The van der Waals surface area contributed by atoms with Crippen LogP contribution in [0.5, 0.6) is 51.7 Å². The molecular formula is C26H22O17. The van der Waals surface area contributed by atoms with Crippen molar-refractivity contribution in [2.24, 2.45) is 0 Å². The van der Waals surface area contributed by atoms with Crippen LogP contribution in [0, 0.1) is 0 Å². The van der Waals surface area contributed by atoms with Gasteiger partial charge < -0.3 is 70.0 Å². The minimum Gasteiger partial charge on any atom is -0.504 e. The number of hydrogen-bond donors (Lipinski definition) is 10. The largest absolute Gasteiger partial charge is 0.504 e. The summed E-state index contributed by atoms with van der Waals surface area (Å²) in [6.07, 6.45) is -7.71. The predicted molar refractivity (Wildman–Crippen MR) is 134 cm³/mol. The molecule has 0 spiro atoms. The standard InChI is InChI=1S/C26H22O17/c27-11-1-8(2-12(28)18(11)33)23(36)41-17-7-40-26(39)22(43-25(38)10-5-15(31)20(35)16(32)6-10)21(17)42-24(37)9-3-13(29)19(34)14(30)4-9/h1-6,17,21-22,26-35,39H,7H2/t17-,21-,22-,26-/m1/s1. The number of benzene rings is 3. The topological polar surface area (TPSA) is 290 Å². The van der Waals surface area contributed by atoms with Gasteiger partial charge in [-0.05, 0) is 36.4 Å². The third-order valence-electron chi connectivity index (χ3n) is 6.06. The number of hydrogen-bond acceptors (Lipinski definition) is 17. The summed E-state index contributed by atoms with van der Waals surface area (Å²) < 4.78 is 20.9. The van der Waals surface area contributed by atoms with Crippen LogP contribution < -0.4 is 0 Å². The number of ether oxygens (including phenoxy) is 4. The molecule has 1 aliphatic rings. The van der Waals surface area contributed by atoms with Crippen LogP contribution in [0.2, 0.25) is 0 Å². The van der Waals surface area contributed by atoms with E-state index >= 15 is 0 Å². The van der Waals surface area contributed by atoms with E-state index in [2.05, 4.69) is 0 Å². The van der Waals surface area contributed by atoms with Crippen molar-refractivity contribution in [3.63, 3.8) is 0 Å². The number of aliphatic hydroxyl groups is 1. The summed E-state index contributed by atoms with van der Waals surface area (Å²) in [7, 11) is 0. The van der Waals surface area contributed by atoms with Gasteiger partial charge in [-0.3, -0.25) is 0 Å². The van der Waals surface area contributed by atoms with Crippen molar-refractivity contribution in [3.05, 3.63) is 53.1 Å². The Morgan fingerprint density at radius 2 is 0.837 bits per heavy atom. The molecule has 1 saturated heterocycles. The number of carbonyl (C=O) groups excluding carboxylic acids is 3. The molecule has 1 aliphatic heterocycles. The van der Waals surface area contributed by atoms with Crippen molar-refractivity contribution in [2.45, 2.75) is 24.6 Å². The van der Waals surface area contributed by atoms with Crippen LogP contribution in [-0.2, 0) is 18.9 Å². The minimum absolute atomic E-state index is 0.513. The highest BCUT2D eigenvalue weighted by molar-refractivity contribution is 5.93. The van der Waals surface area contributed by atoms with Gasteiger partial charge in [-0.15, -0.1) is 0 Å². The van der Waals surface area contributed by atoms with Crippen LogP contribution in [0.25, 0.3) is 0 Å². The van der Waals surface area contributed by atoms with E-state index in [-0.39, 0.29) is 0 Å². The second-order valence-electron chi connectivity index (χ2n) is 9.00. The average molecular weight is 606 g/mol. The van der Waals surface area contributed by atoms with Gasteiger partial charge in [0.25, 0.3) is 0 Å². The number of aromatic hydroxyl groups is 9. The molecule has 0 amide bonds. The Hall–Kier alpha value is -5.81. The first kappa shape index (κ1) is 30.2. The van der Waals surface area contributed by atoms with Crippen LogP contribution in [0.3, 0.4) is 0 Å². The van der Waals surface area contributed by atoms with E-state index in [0.29, 0.717) is 24.3 Å². The molecule has 1 fully saturated rings. The average Bonchev–Trinajstić information content (AvgIpc) is 2.95. The molecule has 0 aromatic heterocycles. The van der Waals surface area contributed by atoms with Crippen molar-refractivity contribution < 1.29 is 84.4 Å². The first-order valence-corrected chi connectivity index (χ1v) is 11.8. The Balaban J connectivity index is 1.68. The highest BCUT2D eigenvalue weighted by Crippen LogP contribution is 2.38. The fourth-order valence-electron chi connectivity index (χ4n) is 3.88. The fraction of sp³-hybridized carbons (Fsp3) is 0.192. The molecule has 1 heterocycles. The Morgan fingerprint density at radius 1 is 0.535 bits per heavy atom. The van der Waals surface area contributed by atoms with Crippen molar-refractivity contribution in [3.8, 4) is 51.7 Å². The summed E-state index contributed by atoms with van der Waals surface area (Å²) in [5.41, 5.74) is -1.64. The predicted octanol–water partition coefficient (Wildman–Crippen LogP) is 0.362. The Kier molecular flexibility index (Phi) is 8.13. The van der Waals surface area contributed by atoms with Gasteiger partial charge in [-0.1, -0.05) is 0 Å². The van der Waals surface area contributed by atoms with Gasteiger partial charge >= 0.3 is 17.9 Å². The number of carbonyl (C=O) groups is 3. The van der Waals surface area contributed by atoms with Gasteiger partial charge in [0.15, 0.2) is 76.3 Å². The smallest absolute Gasteiger partial charge is 0.339 e. The van der Waals surface area contributed by atoms with E-state index in [1.807, 2.05) is 0 Å². The molecule has 4 atom stereocenters. The second kappa shape index (κ2) is 11.6. The zero-order valence-corrected chi connectivity index (χ0v) is 21.3. The van der Waals surface area contributed by atoms with E-state index in [4.69, 9.17) is 18.9 Å². The summed E-state index contributed by atoms with van der Waals surface area (Å²) >= 11 is 0. The molecule has 4 rings (SSSR count). The minimum atomic E-state index is -2.06. The monoisotopic (exact) mass is 606 g/mol. The van der Waals surface area contributed by atoms with Crippen LogP contribution in [0.4, 0.5) is 0 Å². The molecule has 43 heavy (non-hydrogen) atoms. The van der Waals surface area contributed by atoms with Crippen molar-refractivity contribution >= 4 is 17.9 Å². The summed E-state index contributed by atoms with van der Waals surface area (Å²) in [5, 5.41) is 97.5. The van der Waals surface area contributed by atoms with Gasteiger partial charge in [0.05, 0.1) is 23.3 Å². The second-order valence-corrected chi connectivity index (χ2v) is 9.00. The highest BCUT2D eigenvalue weighted by atomic mass is 16.7. The zero-order chi connectivity index (χ0) is 31.7. The van der Waals surface area contributed by atoms with Gasteiger partial charge in [-0.25, -0.2) is 14.4 Å². The first-order chi connectivity index (χ1) is 20.2. The highest BCUT2D eigenvalue weighted by Gasteiger charge is 2.47. The summed E-state index contributed by atoms with van der Waals surface area (Å²) in [6.45, 7) is -0.707. The van der Waals surface area contributed by atoms with Crippen LogP contribution in [0.15, 0.2) is 36.4 Å². The zero-order valence-electron chi connectivity index (χ0n) is 21.3. The third kappa shape index (κ3) is 6.11. The van der Waals surface area contributed by atoms with Crippen molar-refractivity contribution in [2.75, 3.05) is 6.61 Å². The molecule has 0 bridgehead atoms. The van der Waals surface area contributed by atoms with E-state index < -0.39 is 118 Å². The maximum atomic E-state index is 13.0. The van der Waals surface area contributed by atoms with Crippen LogP contribution >= 0.6 is 0 Å². The molecule has 0 unspecified atom stereocenters. The number of aliphatic hydroxyl groups excluding tert-OH is 1. The van der Waals surface area contributed by atoms with E-state index in [9.17, 15) is 65.4 Å².